The van der Waals surface area contributed by atoms with E-state index in [0.717, 1.165) is 4.90 Å². The molecule has 2 unspecified atom stereocenters. The van der Waals surface area contributed by atoms with Gasteiger partial charge in [-0.05, 0) is 33.6 Å². The summed E-state index contributed by atoms with van der Waals surface area (Å²) in [6.45, 7) is 6.27. The van der Waals surface area contributed by atoms with Gasteiger partial charge in [0.05, 0.1) is 19.0 Å². The summed E-state index contributed by atoms with van der Waals surface area (Å²) in [6.07, 6.45) is 1.09. The largest absolute Gasteiger partial charge is 0.467 e. The lowest BCUT2D eigenvalue weighted by atomic mass is 10.2. The molecule has 0 aromatic carbocycles. The van der Waals surface area contributed by atoms with Crippen molar-refractivity contribution >= 4 is 23.8 Å². The Morgan fingerprint density at radius 2 is 1.79 bits per heavy atom. The van der Waals surface area contributed by atoms with Crippen molar-refractivity contribution in [2.45, 2.75) is 64.8 Å². The zero-order chi connectivity index (χ0) is 21.1. The molecule has 1 aromatic rings. The van der Waals surface area contributed by atoms with Crippen LogP contribution in [0.3, 0.4) is 0 Å². The maximum Gasteiger partial charge on any atom is 0.411 e. The van der Waals surface area contributed by atoms with Crippen molar-refractivity contribution in [1.29, 1.82) is 0 Å². The first kappa shape index (κ1) is 21.4. The summed E-state index contributed by atoms with van der Waals surface area (Å²) in [6, 6.07) is -1.90. The van der Waals surface area contributed by atoms with Crippen molar-refractivity contribution < 1.29 is 33.4 Å². The summed E-state index contributed by atoms with van der Waals surface area (Å²) in [5, 5.41) is 0. The van der Waals surface area contributed by atoms with Gasteiger partial charge in [-0.2, -0.15) is 0 Å². The number of methoxy groups -OCH3 is 1. The molecule has 0 saturated carbocycles. The van der Waals surface area contributed by atoms with E-state index >= 15 is 0 Å². The van der Waals surface area contributed by atoms with Crippen molar-refractivity contribution in [3.05, 3.63) is 17.7 Å². The minimum Gasteiger partial charge on any atom is -0.467 e. The number of nitrogens with zero attached hydrogens (tertiary/aromatic N) is 2. The van der Waals surface area contributed by atoms with Crippen LogP contribution in [0.4, 0.5) is 4.79 Å². The van der Waals surface area contributed by atoms with Crippen LogP contribution in [0.25, 0.3) is 0 Å². The second kappa shape index (κ2) is 8.41. The van der Waals surface area contributed by atoms with Crippen LogP contribution in [0.15, 0.2) is 6.20 Å². The van der Waals surface area contributed by atoms with E-state index in [1.165, 1.54) is 20.2 Å². The Morgan fingerprint density at radius 1 is 1.18 bits per heavy atom. The number of H-pyrrole nitrogens is 1. The molecule has 1 saturated heterocycles. The van der Waals surface area contributed by atoms with Crippen molar-refractivity contribution in [3.63, 3.8) is 0 Å². The second-order valence-corrected chi connectivity index (χ2v) is 7.44. The Morgan fingerprint density at radius 3 is 2.29 bits per heavy atom. The summed E-state index contributed by atoms with van der Waals surface area (Å²) in [5.41, 5.74) is -0.363. The summed E-state index contributed by atoms with van der Waals surface area (Å²) in [4.78, 5) is 56.2. The van der Waals surface area contributed by atoms with Crippen molar-refractivity contribution in [2.75, 3.05) is 7.11 Å². The molecule has 2 atom stereocenters. The first-order valence-corrected chi connectivity index (χ1v) is 8.84. The second-order valence-electron chi connectivity index (χ2n) is 7.44. The molecule has 2 heterocycles. The Kier molecular flexibility index (Phi) is 6.42. The average Bonchev–Trinajstić information content (AvgIpc) is 3.24. The third-order valence-electron chi connectivity index (χ3n) is 4.07. The summed E-state index contributed by atoms with van der Waals surface area (Å²) in [5.74, 6) is -1.39. The molecule has 10 nitrogen and oxygen atoms in total. The fraction of sp³-hybridized carbons (Fsp3) is 0.611. The van der Waals surface area contributed by atoms with Crippen LogP contribution in [-0.2, 0) is 30.4 Å². The standard InChI is InChI=1S/C18H25N3O7/c1-10(22)14-19-8-11(20-14)9-27-16(24)13-7-6-12(15(23)26-5)21(13)17(25)28-18(2,3)4/h8,12-13H,6-7,9H2,1-5H3,(H,19,20). The lowest BCUT2D eigenvalue weighted by molar-refractivity contribution is -0.153. The fourth-order valence-corrected chi connectivity index (χ4v) is 2.84. The predicted octanol–water partition coefficient (Wildman–Crippen LogP) is 1.60. The minimum absolute atomic E-state index is 0.152. The van der Waals surface area contributed by atoms with Gasteiger partial charge in [-0.3, -0.25) is 9.69 Å². The number of ketones is 1. The number of aromatic amines is 1. The van der Waals surface area contributed by atoms with Gasteiger partial charge in [0.25, 0.3) is 0 Å². The Labute approximate surface area is 162 Å². The first-order valence-electron chi connectivity index (χ1n) is 8.84. The van der Waals surface area contributed by atoms with Crippen LogP contribution in [0.1, 0.15) is 56.8 Å². The summed E-state index contributed by atoms with van der Waals surface area (Å²) < 4.78 is 15.3. The molecule has 0 spiro atoms. The number of likely N-dealkylation sites (tertiary alicyclic amines) is 1. The van der Waals surface area contributed by atoms with E-state index in [1.807, 2.05) is 0 Å². The quantitative estimate of drug-likeness (QED) is 0.452. The maximum absolute atomic E-state index is 12.6. The number of nitrogens with one attached hydrogen (secondary N) is 1. The first-order chi connectivity index (χ1) is 13.0. The van der Waals surface area contributed by atoms with Crippen LogP contribution in [0.2, 0.25) is 0 Å². The number of rotatable bonds is 5. The van der Waals surface area contributed by atoms with Gasteiger partial charge in [0.15, 0.2) is 11.6 Å². The molecular formula is C18H25N3O7. The SMILES string of the molecule is COC(=O)C1CCC(C(=O)OCc2cnc(C(C)=O)[nH]2)N1C(=O)OC(C)(C)C. The number of hydrogen-bond acceptors (Lipinski definition) is 8. The Bertz CT molecular complexity index is 765. The van der Waals surface area contributed by atoms with E-state index in [9.17, 15) is 19.2 Å². The van der Waals surface area contributed by atoms with Gasteiger partial charge >= 0.3 is 18.0 Å². The minimum atomic E-state index is -0.978. The predicted molar refractivity (Wildman–Crippen MR) is 95.3 cm³/mol. The molecule has 1 aliphatic heterocycles. The highest BCUT2D eigenvalue weighted by molar-refractivity contribution is 5.90. The molecule has 1 aromatic heterocycles. The smallest absolute Gasteiger partial charge is 0.411 e. The monoisotopic (exact) mass is 395 g/mol. The number of carbonyl (C=O) groups is 4. The van der Waals surface area contributed by atoms with Gasteiger partial charge in [-0.25, -0.2) is 19.4 Å². The van der Waals surface area contributed by atoms with Crippen LogP contribution < -0.4 is 0 Å². The van der Waals surface area contributed by atoms with Gasteiger partial charge < -0.3 is 19.2 Å². The van der Waals surface area contributed by atoms with E-state index in [0.29, 0.717) is 5.69 Å². The van der Waals surface area contributed by atoms with Crippen molar-refractivity contribution in [3.8, 4) is 0 Å². The highest BCUT2D eigenvalue weighted by Gasteiger charge is 2.47. The lowest BCUT2D eigenvalue weighted by Gasteiger charge is -2.30. The summed E-state index contributed by atoms with van der Waals surface area (Å²) in [7, 11) is 1.21. The number of carbonyl (C=O) groups excluding carboxylic acids is 4. The number of aromatic nitrogens is 2. The normalized spacial score (nSPS) is 19.2. The number of Topliss-reactive ketones (excluding diaryl/α,β-unsaturated/α-hetero) is 1. The maximum atomic E-state index is 12.6. The molecule has 154 valence electrons. The molecular weight excluding hydrogens is 370 g/mol. The van der Waals surface area contributed by atoms with E-state index < -0.39 is 35.7 Å². The number of esters is 2. The van der Waals surface area contributed by atoms with Crippen molar-refractivity contribution in [2.24, 2.45) is 0 Å². The number of amides is 1. The zero-order valence-corrected chi connectivity index (χ0v) is 16.6. The molecule has 1 N–H and O–H groups in total. The van der Waals surface area contributed by atoms with Gasteiger partial charge in [0.2, 0.25) is 0 Å². The average molecular weight is 395 g/mol. The van der Waals surface area contributed by atoms with Crippen LogP contribution >= 0.6 is 0 Å². The number of hydrogen-bond donors (Lipinski definition) is 1. The molecule has 0 radical (unpaired) electrons. The third-order valence-corrected chi connectivity index (χ3v) is 4.07. The molecule has 1 fully saturated rings. The van der Waals surface area contributed by atoms with Gasteiger partial charge in [0.1, 0.15) is 24.3 Å². The fourth-order valence-electron chi connectivity index (χ4n) is 2.84. The molecule has 28 heavy (non-hydrogen) atoms. The van der Waals surface area contributed by atoms with Crippen molar-refractivity contribution in [1.82, 2.24) is 14.9 Å². The van der Waals surface area contributed by atoms with Crippen LogP contribution in [-0.4, -0.2) is 63.5 Å². The number of imidazole rings is 1. The number of ether oxygens (including phenoxy) is 3. The van der Waals surface area contributed by atoms with Crippen LogP contribution in [0.5, 0.6) is 0 Å². The van der Waals surface area contributed by atoms with Gasteiger partial charge in [-0.1, -0.05) is 0 Å². The molecule has 0 aliphatic carbocycles. The molecule has 10 heteroatoms. The van der Waals surface area contributed by atoms with Gasteiger partial charge in [-0.15, -0.1) is 0 Å². The zero-order valence-electron chi connectivity index (χ0n) is 16.6. The molecule has 0 bridgehead atoms. The van der Waals surface area contributed by atoms with Gasteiger partial charge in [0, 0.05) is 6.92 Å². The Hall–Kier alpha value is -2.91. The molecule has 1 aliphatic rings. The lowest BCUT2D eigenvalue weighted by Crippen LogP contribution is -2.50. The highest BCUT2D eigenvalue weighted by atomic mass is 16.6. The molecule has 2 rings (SSSR count). The summed E-state index contributed by atoms with van der Waals surface area (Å²) >= 11 is 0. The third kappa shape index (κ3) is 5.08. The van der Waals surface area contributed by atoms with E-state index in [2.05, 4.69) is 9.97 Å². The topological polar surface area (TPSA) is 128 Å². The van der Waals surface area contributed by atoms with E-state index in [4.69, 9.17) is 14.2 Å². The van der Waals surface area contributed by atoms with E-state index in [1.54, 1.807) is 20.8 Å². The van der Waals surface area contributed by atoms with E-state index in [-0.39, 0.29) is 31.1 Å². The van der Waals surface area contributed by atoms with Crippen LogP contribution in [0, 0.1) is 0 Å². The Balaban J connectivity index is 2.11. The molecule has 1 amide bonds. The highest BCUT2D eigenvalue weighted by Crippen LogP contribution is 2.28.